The van der Waals surface area contributed by atoms with Crippen LogP contribution in [0.4, 0.5) is 0 Å². The zero-order valence-electron chi connectivity index (χ0n) is 9.36. The normalized spacial score (nSPS) is 9.88. The van der Waals surface area contributed by atoms with Crippen LogP contribution < -0.4 is 4.74 Å². The van der Waals surface area contributed by atoms with E-state index in [9.17, 15) is 9.59 Å². The van der Waals surface area contributed by atoms with E-state index in [2.05, 4.69) is 0 Å². The molecule has 0 aliphatic heterocycles. The Hall–Kier alpha value is -1.29. The van der Waals surface area contributed by atoms with Crippen LogP contribution in [0.5, 0.6) is 5.75 Å². The first-order valence-corrected chi connectivity index (χ1v) is 5.87. The summed E-state index contributed by atoms with van der Waals surface area (Å²) < 4.78 is 5.38. The molecule has 0 saturated carbocycles. The lowest BCUT2D eigenvalue weighted by atomic mass is 10.3. The van der Waals surface area contributed by atoms with Gasteiger partial charge in [-0.25, -0.2) is 0 Å². The molecular weight excluding hydrogens is 224 g/mol. The third-order valence-corrected chi connectivity index (χ3v) is 2.70. The summed E-state index contributed by atoms with van der Waals surface area (Å²) in [5.41, 5.74) is 0. The molecule has 0 atom stereocenters. The van der Waals surface area contributed by atoms with Crippen LogP contribution in [-0.4, -0.2) is 17.5 Å². The van der Waals surface area contributed by atoms with Crippen LogP contribution in [-0.2, 0) is 9.59 Å². The van der Waals surface area contributed by atoms with Crippen molar-refractivity contribution in [2.75, 3.05) is 6.61 Å². The minimum Gasteiger partial charge on any atom is -0.493 e. The number of hydrogen-bond donors (Lipinski definition) is 0. The number of carbonyl (C=O) groups is 2. The topological polar surface area (TPSA) is 43.4 Å². The Morgan fingerprint density at radius 2 is 2.00 bits per heavy atom. The summed E-state index contributed by atoms with van der Waals surface area (Å²) in [5, 5.41) is -0.153. The van der Waals surface area contributed by atoms with Gasteiger partial charge in [-0.2, -0.15) is 0 Å². The minimum absolute atomic E-state index is 0.0366. The molecule has 3 nitrogen and oxygen atoms in total. The Bertz CT molecular complexity index is 388. The molecule has 0 bridgehead atoms. The van der Waals surface area contributed by atoms with E-state index in [-0.39, 0.29) is 17.3 Å². The molecular formula is C12H14O3S. The summed E-state index contributed by atoms with van der Waals surface area (Å²) >= 11 is 1.05. The van der Waals surface area contributed by atoms with E-state index in [1.54, 1.807) is 0 Å². The highest BCUT2D eigenvalue weighted by Crippen LogP contribution is 2.30. The average molecular weight is 238 g/mol. The molecule has 0 fully saturated rings. The average Bonchev–Trinajstić information content (AvgIpc) is 2.20. The van der Waals surface area contributed by atoms with Gasteiger partial charge in [0.1, 0.15) is 11.5 Å². The fourth-order valence-corrected chi connectivity index (χ4v) is 2.07. The predicted octanol–water partition coefficient (Wildman–Crippen LogP) is 2.68. The van der Waals surface area contributed by atoms with Gasteiger partial charge in [-0.1, -0.05) is 12.1 Å². The van der Waals surface area contributed by atoms with Gasteiger partial charge in [0.05, 0.1) is 17.9 Å². The van der Waals surface area contributed by atoms with Gasteiger partial charge in [0, 0.05) is 0 Å². The van der Waals surface area contributed by atoms with E-state index >= 15 is 0 Å². The van der Waals surface area contributed by atoms with Crippen LogP contribution in [0.1, 0.15) is 20.3 Å². The number of ether oxygens (including phenoxy) is 1. The molecule has 0 unspecified atom stereocenters. The first kappa shape index (κ1) is 12.8. The molecule has 4 heteroatoms. The molecule has 16 heavy (non-hydrogen) atoms. The van der Waals surface area contributed by atoms with Crippen molar-refractivity contribution in [1.82, 2.24) is 0 Å². The molecule has 0 radical (unpaired) electrons. The molecule has 0 aliphatic rings. The maximum Gasteiger partial charge on any atom is 0.201 e. The number of benzene rings is 1. The van der Waals surface area contributed by atoms with Crippen molar-refractivity contribution in [3.05, 3.63) is 24.3 Å². The van der Waals surface area contributed by atoms with Gasteiger partial charge in [0.25, 0.3) is 0 Å². The van der Waals surface area contributed by atoms with Crippen molar-refractivity contribution in [2.24, 2.45) is 0 Å². The first-order valence-electron chi connectivity index (χ1n) is 5.05. The minimum atomic E-state index is -0.153. The van der Waals surface area contributed by atoms with Crippen molar-refractivity contribution in [3.63, 3.8) is 0 Å². The molecule has 1 aromatic carbocycles. The van der Waals surface area contributed by atoms with Gasteiger partial charge < -0.3 is 4.74 Å². The van der Waals surface area contributed by atoms with Crippen molar-refractivity contribution >= 4 is 22.7 Å². The smallest absolute Gasteiger partial charge is 0.201 e. The molecule has 0 saturated heterocycles. The third-order valence-electron chi connectivity index (χ3n) is 1.77. The van der Waals surface area contributed by atoms with Gasteiger partial charge in [-0.05, 0) is 37.7 Å². The number of hydrogen-bond acceptors (Lipinski definition) is 4. The van der Waals surface area contributed by atoms with Gasteiger partial charge in [-0.3, -0.25) is 9.59 Å². The summed E-state index contributed by atoms with van der Waals surface area (Å²) in [7, 11) is 0. The van der Waals surface area contributed by atoms with Crippen LogP contribution in [0, 0.1) is 0 Å². The quantitative estimate of drug-likeness (QED) is 0.584. The fraction of sp³-hybridized carbons (Fsp3) is 0.333. The monoisotopic (exact) mass is 238 g/mol. The number of thioether (sulfide) groups is 1. The largest absolute Gasteiger partial charge is 0.493 e. The molecule has 1 aromatic rings. The molecule has 0 amide bonds. The maximum absolute atomic E-state index is 11.5. The highest BCUT2D eigenvalue weighted by atomic mass is 32.2. The van der Waals surface area contributed by atoms with Gasteiger partial charge >= 0.3 is 0 Å². The van der Waals surface area contributed by atoms with E-state index in [1.807, 2.05) is 31.2 Å². The second-order valence-electron chi connectivity index (χ2n) is 3.23. The Morgan fingerprint density at radius 3 is 2.62 bits per heavy atom. The molecule has 0 N–H and O–H groups in total. The van der Waals surface area contributed by atoms with Crippen molar-refractivity contribution < 1.29 is 14.3 Å². The summed E-state index contributed by atoms with van der Waals surface area (Å²) in [5.74, 6) is 0.568. The van der Waals surface area contributed by atoms with Crippen LogP contribution in [0.2, 0.25) is 0 Å². The second-order valence-corrected chi connectivity index (χ2v) is 4.33. The number of para-hydroxylation sites is 1. The SMILES string of the molecule is CCOc1ccccc1SC(=O)CC(C)=O. The maximum atomic E-state index is 11.5. The van der Waals surface area contributed by atoms with Gasteiger partial charge in [-0.15, -0.1) is 0 Å². The standard InChI is InChI=1S/C12H14O3S/c1-3-15-10-6-4-5-7-11(10)16-12(14)8-9(2)13/h4-7H,3,8H2,1-2H3. The van der Waals surface area contributed by atoms with Crippen molar-refractivity contribution in [1.29, 1.82) is 0 Å². The highest BCUT2D eigenvalue weighted by Gasteiger charge is 2.11. The highest BCUT2D eigenvalue weighted by molar-refractivity contribution is 8.13. The van der Waals surface area contributed by atoms with E-state index in [0.29, 0.717) is 12.4 Å². The van der Waals surface area contributed by atoms with E-state index in [1.165, 1.54) is 6.92 Å². The summed E-state index contributed by atoms with van der Waals surface area (Å²) in [4.78, 5) is 23.0. The number of ketones is 1. The zero-order valence-corrected chi connectivity index (χ0v) is 10.2. The second kappa shape index (κ2) is 6.33. The molecule has 0 aliphatic carbocycles. The summed E-state index contributed by atoms with van der Waals surface area (Å²) in [6.45, 7) is 3.85. The van der Waals surface area contributed by atoms with Crippen molar-refractivity contribution in [2.45, 2.75) is 25.2 Å². The fourth-order valence-electron chi connectivity index (χ4n) is 1.17. The molecule has 0 spiro atoms. The van der Waals surface area contributed by atoms with E-state index < -0.39 is 0 Å². The Morgan fingerprint density at radius 1 is 1.31 bits per heavy atom. The number of Topliss-reactive ketones (excluding diaryl/α,β-unsaturated/α-hetero) is 1. The van der Waals surface area contributed by atoms with E-state index in [0.717, 1.165) is 16.7 Å². The predicted molar refractivity (Wildman–Crippen MR) is 63.8 cm³/mol. The number of carbonyl (C=O) groups excluding carboxylic acids is 2. The Kier molecular flexibility index (Phi) is 5.05. The van der Waals surface area contributed by atoms with Crippen LogP contribution in [0.25, 0.3) is 0 Å². The molecule has 1 rings (SSSR count). The first-order chi connectivity index (χ1) is 7.63. The van der Waals surface area contributed by atoms with Crippen molar-refractivity contribution in [3.8, 4) is 5.75 Å². The van der Waals surface area contributed by atoms with Crippen LogP contribution >= 0.6 is 11.8 Å². The van der Waals surface area contributed by atoms with Crippen LogP contribution in [0.3, 0.4) is 0 Å². The molecule has 86 valence electrons. The Balaban J connectivity index is 2.72. The lowest BCUT2D eigenvalue weighted by Crippen LogP contribution is -2.00. The summed E-state index contributed by atoms with van der Waals surface area (Å²) in [6.07, 6.45) is -0.0366. The lowest BCUT2D eigenvalue weighted by molar-refractivity contribution is -0.121. The van der Waals surface area contributed by atoms with Gasteiger partial charge in [0.15, 0.2) is 0 Å². The molecule has 0 aromatic heterocycles. The van der Waals surface area contributed by atoms with Crippen LogP contribution in [0.15, 0.2) is 29.2 Å². The molecule has 0 heterocycles. The zero-order chi connectivity index (χ0) is 12.0. The lowest BCUT2D eigenvalue weighted by Gasteiger charge is -2.07. The van der Waals surface area contributed by atoms with E-state index in [4.69, 9.17) is 4.74 Å². The van der Waals surface area contributed by atoms with Gasteiger partial charge in [0.2, 0.25) is 5.12 Å². The third kappa shape index (κ3) is 4.06. The summed E-state index contributed by atoms with van der Waals surface area (Å²) in [6, 6.07) is 7.32. The Labute approximate surface area is 99.2 Å². The number of rotatable bonds is 5.